The summed E-state index contributed by atoms with van der Waals surface area (Å²) in [5.74, 6) is 0.938. The predicted molar refractivity (Wildman–Crippen MR) is 93.4 cm³/mol. The van der Waals surface area contributed by atoms with Gasteiger partial charge in [-0.05, 0) is 53.4 Å². The van der Waals surface area contributed by atoms with Crippen molar-refractivity contribution in [2.45, 2.75) is 78.1 Å². The predicted octanol–water partition coefficient (Wildman–Crippen LogP) is 5.74. The highest BCUT2D eigenvalue weighted by Crippen LogP contribution is 2.36. The van der Waals surface area contributed by atoms with Crippen LogP contribution >= 0.6 is 0 Å². The summed E-state index contributed by atoms with van der Waals surface area (Å²) in [6.45, 7) is 14.2. The molecule has 0 fully saturated rings. The molecular formula is C20H31NO. The lowest BCUT2D eigenvalue weighted by molar-refractivity contribution is 0.310. The van der Waals surface area contributed by atoms with Gasteiger partial charge in [0.15, 0.2) is 0 Å². The van der Waals surface area contributed by atoms with Crippen molar-refractivity contribution in [2.24, 2.45) is 0 Å². The lowest BCUT2D eigenvalue weighted by Gasteiger charge is -2.29. The standard InChI is InChI=1S/C20H31NO/c1-7-19(3,4)16-13-17(20(5,6)8-2)15-18(14-16)22-12-10-9-11-21/h13-15H,7-10,12H2,1-6H3. The van der Waals surface area contributed by atoms with Crippen molar-refractivity contribution < 1.29 is 4.74 Å². The molecule has 0 saturated heterocycles. The number of ether oxygens (including phenoxy) is 1. The summed E-state index contributed by atoms with van der Waals surface area (Å²) in [5, 5.41) is 8.62. The molecule has 0 heterocycles. The Labute approximate surface area is 136 Å². The first kappa shape index (κ1) is 18.6. The molecule has 1 rings (SSSR count). The van der Waals surface area contributed by atoms with E-state index in [-0.39, 0.29) is 10.8 Å². The van der Waals surface area contributed by atoms with Gasteiger partial charge in [0.1, 0.15) is 5.75 Å². The first-order valence-corrected chi connectivity index (χ1v) is 8.42. The van der Waals surface area contributed by atoms with E-state index in [1.165, 1.54) is 11.1 Å². The van der Waals surface area contributed by atoms with Crippen molar-refractivity contribution in [3.63, 3.8) is 0 Å². The van der Waals surface area contributed by atoms with E-state index in [1.54, 1.807) is 0 Å². The van der Waals surface area contributed by atoms with Gasteiger partial charge in [0.25, 0.3) is 0 Å². The zero-order valence-electron chi connectivity index (χ0n) is 15.1. The van der Waals surface area contributed by atoms with Crippen molar-refractivity contribution >= 4 is 0 Å². The summed E-state index contributed by atoms with van der Waals surface area (Å²) in [5.41, 5.74) is 2.96. The van der Waals surface area contributed by atoms with Gasteiger partial charge in [-0.3, -0.25) is 0 Å². The SMILES string of the molecule is CCC(C)(C)c1cc(OCCCC#N)cc(C(C)(C)CC)c1. The molecule has 0 amide bonds. The third-order valence-electron chi connectivity index (χ3n) is 4.94. The molecule has 0 aliphatic carbocycles. The number of hydrogen-bond donors (Lipinski definition) is 0. The maximum atomic E-state index is 8.62. The Hall–Kier alpha value is -1.49. The topological polar surface area (TPSA) is 33.0 Å². The molecule has 2 nitrogen and oxygen atoms in total. The summed E-state index contributed by atoms with van der Waals surface area (Å²) >= 11 is 0. The molecule has 0 bridgehead atoms. The first-order valence-electron chi connectivity index (χ1n) is 8.42. The van der Waals surface area contributed by atoms with E-state index in [2.05, 4.69) is 65.8 Å². The molecule has 0 unspecified atom stereocenters. The fourth-order valence-electron chi connectivity index (χ4n) is 2.21. The van der Waals surface area contributed by atoms with Crippen molar-refractivity contribution in [3.8, 4) is 11.8 Å². The number of nitriles is 1. The lowest BCUT2D eigenvalue weighted by atomic mass is 9.76. The molecule has 0 aliphatic heterocycles. The first-order chi connectivity index (χ1) is 10.3. The fraction of sp³-hybridized carbons (Fsp3) is 0.650. The van der Waals surface area contributed by atoms with E-state index in [9.17, 15) is 0 Å². The van der Waals surface area contributed by atoms with Crippen LogP contribution in [0.5, 0.6) is 5.75 Å². The second-order valence-electron chi connectivity index (χ2n) is 7.33. The molecule has 0 atom stereocenters. The van der Waals surface area contributed by atoms with Gasteiger partial charge >= 0.3 is 0 Å². The molecule has 0 saturated carbocycles. The zero-order valence-corrected chi connectivity index (χ0v) is 15.1. The second-order valence-corrected chi connectivity index (χ2v) is 7.33. The minimum Gasteiger partial charge on any atom is -0.494 e. The normalized spacial score (nSPS) is 12.0. The van der Waals surface area contributed by atoms with Gasteiger partial charge in [0.05, 0.1) is 12.7 Å². The van der Waals surface area contributed by atoms with Crippen LogP contribution in [0.15, 0.2) is 18.2 Å². The maximum Gasteiger partial charge on any atom is 0.119 e. The van der Waals surface area contributed by atoms with E-state index in [4.69, 9.17) is 10.00 Å². The molecule has 0 aromatic heterocycles. The van der Waals surface area contributed by atoms with Gasteiger partial charge in [0, 0.05) is 6.42 Å². The smallest absolute Gasteiger partial charge is 0.119 e. The minimum absolute atomic E-state index is 0.143. The lowest BCUT2D eigenvalue weighted by Crippen LogP contribution is -2.20. The third kappa shape index (κ3) is 4.77. The van der Waals surface area contributed by atoms with Crippen LogP contribution in [0.1, 0.15) is 78.4 Å². The maximum absolute atomic E-state index is 8.62. The largest absolute Gasteiger partial charge is 0.494 e. The molecule has 0 N–H and O–H groups in total. The molecule has 122 valence electrons. The molecule has 0 radical (unpaired) electrons. The summed E-state index contributed by atoms with van der Waals surface area (Å²) in [4.78, 5) is 0. The van der Waals surface area contributed by atoms with Crippen molar-refractivity contribution in [3.05, 3.63) is 29.3 Å². The Balaban J connectivity index is 3.13. The third-order valence-corrected chi connectivity index (χ3v) is 4.94. The van der Waals surface area contributed by atoms with E-state index in [0.29, 0.717) is 13.0 Å². The summed E-state index contributed by atoms with van der Waals surface area (Å²) in [6, 6.07) is 8.85. The van der Waals surface area contributed by atoms with Crippen LogP contribution in [-0.4, -0.2) is 6.61 Å². The molecular weight excluding hydrogens is 270 g/mol. The van der Waals surface area contributed by atoms with Gasteiger partial charge in [-0.25, -0.2) is 0 Å². The molecule has 2 heteroatoms. The minimum atomic E-state index is 0.143. The monoisotopic (exact) mass is 301 g/mol. The van der Waals surface area contributed by atoms with E-state index >= 15 is 0 Å². The van der Waals surface area contributed by atoms with Crippen LogP contribution < -0.4 is 4.74 Å². The zero-order chi connectivity index (χ0) is 16.8. The molecule has 0 spiro atoms. The average molecular weight is 301 g/mol. The van der Waals surface area contributed by atoms with Crippen LogP contribution in [0.4, 0.5) is 0 Å². The van der Waals surface area contributed by atoms with E-state index in [0.717, 1.165) is 25.0 Å². The molecule has 0 aliphatic rings. The summed E-state index contributed by atoms with van der Waals surface area (Å²) in [7, 11) is 0. The van der Waals surface area contributed by atoms with Crippen LogP contribution in [-0.2, 0) is 10.8 Å². The summed E-state index contributed by atoms with van der Waals surface area (Å²) in [6.07, 6.45) is 3.52. The Morgan fingerprint density at radius 3 is 1.86 bits per heavy atom. The van der Waals surface area contributed by atoms with Gasteiger partial charge in [-0.15, -0.1) is 0 Å². The van der Waals surface area contributed by atoms with Gasteiger partial charge in [-0.2, -0.15) is 5.26 Å². The molecule has 1 aromatic carbocycles. The Morgan fingerprint density at radius 1 is 0.955 bits per heavy atom. The number of nitrogens with zero attached hydrogens (tertiary/aromatic N) is 1. The second kappa shape index (κ2) is 7.68. The van der Waals surface area contributed by atoms with Crippen LogP contribution in [0.2, 0.25) is 0 Å². The Bertz CT molecular complexity index is 489. The number of rotatable bonds is 8. The van der Waals surface area contributed by atoms with Crippen molar-refractivity contribution in [1.82, 2.24) is 0 Å². The average Bonchev–Trinajstić information content (AvgIpc) is 2.51. The Morgan fingerprint density at radius 2 is 1.45 bits per heavy atom. The van der Waals surface area contributed by atoms with E-state index in [1.807, 2.05) is 0 Å². The van der Waals surface area contributed by atoms with Gasteiger partial charge < -0.3 is 4.74 Å². The number of unbranched alkanes of at least 4 members (excludes halogenated alkanes) is 1. The van der Waals surface area contributed by atoms with Crippen molar-refractivity contribution in [1.29, 1.82) is 5.26 Å². The number of hydrogen-bond acceptors (Lipinski definition) is 2. The highest BCUT2D eigenvalue weighted by molar-refractivity contribution is 5.41. The Kier molecular flexibility index (Phi) is 6.48. The quantitative estimate of drug-likeness (QED) is 0.573. The van der Waals surface area contributed by atoms with Gasteiger partial charge in [-0.1, -0.05) is 47.6 Å². The van der Waals surface area contributed by atoms with Crippen LogP contribution in [0.25, 0.3) is 0 Å². The van der Waals surface area contributed by atoms with E-state index < -0.39 is 0 Å². The van der Waals surface area contributed by atoms with Gasteiger partial charge in [0.2, 0.25) is 0 Å². The summed E-state index contributed by atoms with van der Waals surface area (Å²) < 4.78 is 5.92. The number of benzene rings is 1. The van der Waals surface area contributed by atoms with Crippen LogP contribution in [0.3, 0.4) is 0 Å². The fourth-order valence-corrected chi connectivity index (χ4v) is 2.21. The van der Waals surface area contributed by atoms with Crippen LogP contribution in [0, 0.1) is 11.3 Å². The molecule has 1 aromatic rings. The molecule has 22 heavy (non-hydrogen) atoms. The van der Waals surface area contributed by atoms with Crippen molar-refractivity contribution in [2.75, 3.05) is 6.61 Å². The highest BCUT2D eigenvalue weighted by atomic mass is 16.5. The highest BCUT2D eigenvalue weighted by Gasteiger charge is 2.24.